The third kappa shape index (κ3) is 5.56. The summed E-state index contributed by atoms with van der Waals surface area (Å²) < 4.78 is 0. The quantitative estimate of drug-likeness (QED) is 0.0798. The van der Waals surface area contributed by atoms with E-state index in [0.29, 0.717) is 5.84 Å². The van der Waals surface area contributed by atoms with Crippen molar-refractivity contribution in [3.8, 4) is 22.3 Å². The Bertz CT molecular complexity index is 3030. The summed E-state index contributed by atoms with van der Waals surface area (Å²) in [5.41, 5.74) is 10.7. The largest absolute Gasteiger partial charge is 0.282 e. The molecule has 264 valence electrons. The molecule has 0 fully saturated rings. The predicted molar refractivity (Wildman–Crippen MR) is 236 cm³/mol. The highest BCUT2D eigenvalue weighted by Crippen LogP contribution is 2.52. The van der Waals surface area contributed by atoms with Gasteiger partial charge in [0.05, 0.1) is 0 Å². The zero-order valence-corrected chi connectivity index (χ0v) is 30.9. The minimum Gasteiger partial charge on any atom is -0.282 e. The molecule has 0 saturated heterocycles. The van der Waals surface area contributed by atoms with Crippen LogP contribution in [-0.2, 0) is 5.41 Å². The number of benzene rings is 9. The maximum Gasteiger partial charge on any atom is 0.161 e. The molecule has 0 radical (unpaired) electrons. The van der Waals surface area contributed by atoms with Gasteiger partial charge in [-0.3, -0.25) is 5.41 Å². The van der Waals surface area contributed by atoms with Crippen molar-refractivity contribution in [2.45, 2.75) is 12.3 Å². The molecule has 3 heteroatoms. The molecule has 1 aliphatic rings. The van der Waals surface area contributed by atoms with E-state index in [9.17, 15) is 5.41 Å². The molecule has 1 atom stereocenters. The molecule has 0 amide bonds. The minimum absolute atomic E-state index is 0.153. The van der Waals surface area contributed by atoms with Gasteiger partial charge in [-0.1, -0.05) is 182 Å². The van der Waals surface area contributed by atoms with Crippen molar-refractivity contribution in [1.29, 1.82) is 5.41 Å². The Labute approximate surface area is 326 Å². The van der Waals surface area contributed by atoms with E-state index >= 15 is 0 Å². The number of nitrogens with one attached hydrogen (secondary N) is 1. The third-order valence-corrected chi connectivity index (χ3v) is 11.5. The van der Waals surface area contributed by atoms with E-state index in [4.69, 9.17) is 9.98 Å². The van der Waals surface area contributed by atoms with Crippen LogP contribution >= 0.6 is 0 Å². The minimum atomic E-state index is -0.315. The first-order valence-electron chi connectivity index (χ1n) is 19.1. The van der Waals surface area contributed by atoms with E-state index in [1.165, 1.54) is 38.4 Å². The van der Waals surface area contributed by atoms with Gasteiger partial charge in [0.15, 0.2) is 11.7 Å². The predicted octanol–water partition coefficient (Wildman–Crippen LogP) is 13.0. The van der Waals surface area contributed by atoms with Gasteiger partial charge in [0, 0.05) is 28.3 Å². The Kier molecular flexibility index (Phi) is 8.08. The number of hydrogen-bond donors (Lipinski definition) is 1. The average molecular weight is 716 g/mol. The van der Waals surface area contributed by atoms with Crippen LogP contribution in [0.5, 0.6) is 0 Å². The smallest absolute Gasteiger partial charge is 0.161 e. The van der Waals surface area contributed by atoms with Crippen LogP contribution in [0.25, 0.3) is 54.6 Å². The molecule has 1 aliphatic carbocycles. The lowest BCUT2D eigenvalue weighted by Gasteiger charge is -2.28. The lowest BCUT2D eigenvalue weighted by Crippen LogP contribution is -2.22. The number of fused-ring (bicyclic) bond motifs is 7. The van der Waals surface area contributed by atoms with Gasteiger partial charge in [-0.25, -0.2) is 9.98 Å². The SMILES string of the molecule is CC1(c2ccccc2)c2ccccc2-c2cc(C(N=Cc3c4ccccc4cc4c3ccc3ccccc34)=NC(=N)c3ccc(-c4ccccc4)cc3)ccc21. The topological polar surface area (TPSA) is 48.6 Å². The van der Waals surface area contributed by atoms with Crippen molar-refractivity contribution in [3.05, 3.63) is 228 Å². The molecule has 0 saturated carbocycles. The second-order valence-corrected chi connectivity index (χ2v) is 14.7. The second kappa shape index (κ2) is 13.6. The average Bonchev–Trinajstić information content (AvgIpc) is 3.53. The number of hydrogen-bond acceptors (Lipinski definition) is 1. The number of rotatable bonds is 5. The Balaban J connectivity index is 1.14. The first kappa shape index (κ1) is 33.3. The first-order valence-corrected chi connectivity index (χ1v) is 19.1. The van der Waals surface area contributed by atoms with Crippen LogP contribution in [0.1, 0.15) is 40.3 Å². The highest BCUT2D eigenvalue weighted by atomic mass is 14.9. The standard InChI is InChI=1S/C53H37N3/c1-53(41-18-6-3-7-19-41)49-23-13-12-22-45(49)47-33-40(29-31-50(47)53)52(56-51(54)38-26-24-36(25-27-38)35-14-4-2-5-15-35)55-34-48-43-21-11-9-17-39(43)32-46-42-20-10-8-16-37(42)28-30-44(46)48/h2-34,54H,1H3. The van der Waals surface area contributed by atoms with Gasteiger partial charge in [-0.2, -0.15) is 0 Å². The van der Waals surface area contributed by atoms with E-state index in [0.717, 1.165) is 49.5 Å². The van der Waals surface area contributed by atoms with Crippen molar-refractivity contribution in [2.24, 2.45) is 9.98 Å². The van der Waals surface area contributed by atoms with Gasteiger partial charge < -0.3 is 0 Å². The monoisotopic (exact) mass is 715 g/mol. The number of amidine groups is 2. The molecule has 3 nitrogen and oxygen atoms in total. The fourth-order valence-electron chi connectivity index (χ4n) is 8.63. The Hall–Kier alpha value is -7.23. The van der Waals surface area contributed by atoms with Crippen molar-refractivity contribution < 1.29 is 0 Å². The fourth-order valence-corrected chi connectivity index (χ4v) is 8.63. The van der Waals surface area contributed by atoms with Gasteiger partial charge in [-0.15, -0.1) is 0 Å². The zero-order valence-electron chi connectivity index (χ0n) is 30.9. The summed E-state index contributed by atoms with van der Waals surface area (Å²) in [6.07, 6.45) is 1.96. The van der Waals surface area contributed by atoms with Gasteiger partial charge >= 0.3 is 0 Å². The summed E-state index contributed by atoms with van der Waals surface area (Å²) >= 11 is 0. The molecule has 56 heavy (non-hydrogen) atoms. The number of nitrogens with zero attached hydrogens (tertiary/aromatic N) is 2. The van der Waals surface area contributed by atoms with E-state index in [2.05, 4.69) is 171 Å². The van der Waals surface area contributed by atoms with Gasteiger partial charge in [0.2, 0.25) is 0 Å². The number of aliphatic imine (C=N–C) groups is 2. The summed E-state index contributed by atoms with van der Waals surface area (Å²) in [5, 5.41) is 16.3. The molecule has 0 aromatic heterocycles. The van der Waals surface area contributed by atoms with Crippen molar-refractivity contribution in [1.82, 2.24) is 0 Å². The van der Waals surface area contributed by atoms with E-state index in [1.54, 1.807) is 0 Å². The summed E-state index contributed by atoms with van der Waals surface area (Å²) in [4.78, 5) is 10.3. The molecule has 0 heterocycles. The molecule has 10 rings (SSSR count). The van der Waals surface area contributed by atoms with Gasteiger partial charge in [0.1, 0.15) is 0 Å². The van der Waals surface area contributed by atoms with Crippen molar-refractivity contribution in [2.75, 3.05) is 0 Å². The molecule has 9 aromatic carbocycles. The highest BCUT2D eigenvalue weighted by molar-refractivity contribution is 6.22. The maximum atomic E-state index is 9.30. The third-order valence-electron chi connectivity index (χ3n) is 11.5. The van der Waals surface area contributed by atoms with Gasteiger partial charge in [0.25, 0.3) is 0 Å². The zero-order chi connectivity index (χ0) is 37.6. The van der Waals surface area contributed by atoms with Crippen LogP contribution in [0.3, 0.4) is 0 Å². The van der Waals surface area contributed by atoms with Crippen LogP contribution in [0, 0.1) is 5.41 Å². The molecule has 0 aliphatic heterocycles. The van der Waals surface area contributed by atoms with Crippen molar-refractivity contribution in [3.63, 3.8) is 0 Å². The Morgan fingerprint density at radius 2 is 1.11 bits per heavy atom. The second-order valence-electron chi connectivity index (χ2n) is 14.7. The van der Waals surface area contributed by atoms with E-state index in [1.807, 2.05) is 36.5 Å². The molecule has 1 unspecified atom stereocenters. The van der Waals surface area contributed by atoms with E-state index in [-0.39, 0.29) is 11.3 Å². The van der Waals surface area contributed by atoms with Crippen molar-refractivity contribution >= 4 is 50.2 Å². The summed E-state index contributed by atoms with van der Waals surface area (Å²) in [7, 11) is 0. The van der Waals surface area contributed by atoms with Crippen LogP contribution < -0.4 is 0 Å². The van der Waals surface area contributed by atoms with Crippen LogP contribution in [0.4, 0.5) is 0 Å². The Morgan fingerprint density at radius 3 is 1.91 bits per heavy atom. The van der Waals surface area contributed by atoms with E-state index < -0.39 is 0 Å². The fraction of sp³-hybridized carbons (Fsp3) is 0.0377. The Morgan fingerprint density at radius 1 is 0.482 bits per heavy atom. The normalized spacial score (nSPS) is 15.1. The molecular weight excluding hydrogens is 679 g/mol. The van der Waals surface area contributed by atoms with Crippen LogP contribution in [0.15, 0.2) is 204 Å². The maximum absolute atomic E-state index is 9.30. The van der Waals surface area contributed by atoms with Crippen LogP contribution in [0.2, 0.25) is 0 Å². The summed E-state index contributed by atoms with van der Waals surface area (Å²) in [5.74, 6) is 0.637. The molecule has 0 bridgehead atoms. The molecule has 0 spiro atoms. The lowest BCUT2D eigenvalue weighted by atomic mass is 9.74. The van der Waals surface area contributed by atoms with Crippen LogP contribution in [-0.4, -0.2) is 17.9 Å². The highest BCUT2D eigenvalue weighted by Gasteiger charge is 2.40. The first-order chi connectivity index (χ1) is 27.6. The summed E-state index contributed by atoms with van der Waals surface area (Å²) in [6, 6.07) is 68.1. The molecular formula is C53H37N3. The molecule has 9 aromatic rings. The van der Waals surface area contributed by atoms with Gasteiger partial charge in [-0.05, 0) is 90.3 Å². The molecule has 1 N–H and O–H groups in total. The lowest BCUT2D eigenvalue weighted by molar-refractivity contribution is 0.714. The summed E-state index contributed by atoms with van der Waals surface area (Å²) in [6.45, 7) is 2.32.